The predicted molar refractivity (Wildman–Crippen MR) is 111 cm³/mol. The Balaban J connectivity index is 1.53. The second-order valence-electron chi connectivity index (χ2n) is 6.57. The Morgan fingerprint density at radius 2 is 1.57 bits per heavy atom. The molecule has 1 N–H and O–H groups in total. The summed E-state index contributed by atoms with van der Waals surface area (Å²) in [4.78, 5) is 36.9. The fourth-order valence-corrected chi connectivity index (χ4v) is 2.93. The van der Waals surface area contributed by atoms with E-state index in [0.717, 1.165) is 5.56 Å². The van der Waals surface area contributed by atoms with E-state index < -0.39 is 17.5 Å². The minimum atomic E-state index is -0.764. The molecule has 0 aliphatic heterocycles. The van der Waals surface area contributed by atoms with E-state index in [9.17, 15) is 14.4 Å². The Morgan fingerprint density at radius 3 is 2.30 bits per heavy atom. The number of hydrogen-bond acceptors (Lipinski definition) is 5. The fourth-order valence-electron chi connectivity index (χ4n) is 2.93. The smallest absolute Gasteiger partial charge is 0.349 e. The summed E-state index contributed by atoms with van der Waals surface area (Å²) in [6.07, 6.45) is 0. The van der Waals surface area contributed by atoms with Gasteiger partial charge in [-0.15, -0.1) is 0 Å². The van der Waals surface area contributed by atoms with Gasteiger partial charge >= 0.3 is 11.6 Å². The fraction of sp³-hybridized carbons (Fsp3) is 0.0417. The standard InChI is InChI=1S/C24H17NO5/c26-22(25-15-16-7-3-1-4-8-16)20-13-18-11-12-19(14-21(18)30-24(20)28)29-23(27)17-9-5-2-6-10-17/h1-14H,15H2,(H,25,26). The average Bonchev–Trinajstić information content (AvgIpc) is 2.78. The lowest BCUT2D eigenvalue weighted by molar-refractivity contribution is 0.0734. The Hall–Kier alpha value is -4.19. The topological polar surface area (TPSA) is 85.6 Å². The molecule has 0 saturated carbocycles. The third-order valence-electron chi connectivity index (χ3n) is 4.47. The number of ether oxygens (including phenoxy) is 1. The number of benzene rings is 3. The van der Waals surface area contributed by atoms with Crippen molar-refractivity contribution in [3.8, 4) is 5.75 Å². The largest absolute Gasteiger partial charge is 0.423 e. The van der Waals surface area contributed by atoms with Crippen molar-refractivity contribution < 1.29 is 18.7 Å². The predicted octanol–water partition coefficient (Wildman–Crippen LogP) is 3.94. The van der Waals surface area contributed by atoms with E-state index in [1.165, 1.54) is 12.1 Å². The molecule has 4 aromatic rings. The van der Waals surface area contributed by atoms with Gasteiger partial charge in [-0.25, -0.2) is 9.59 Å². The van der Waals surface area contributed by atoms with Crippen LogP contribution in [0.1, 0.15) is 26.3 Å². The molecule has 0 aliphatic carbocycles. The Morgan fingerprint density at radius 1 is 0.867 bits per heavy atom. The zero-order valence-corrected chi connectivity index (χ0v) is 15.8. The number of rotatable bonds is 5. The molecule has 3 aromatic carbocycles. The van der Waals surface area contributed by atoms with Gasteiger partial charge in [-0.1, -0.05) is 48.5 Å². The average molecular weight is 399 g/mol. The van der Waals surface area contributed by atoms with Gasteiger partial charge in [0.1, 0.15) is 16.9 Å². The minimum Gasteiger partial charge on any atom is -0.423 e. The van der Waals surface area contributed by atoms with Crippen LogP contribution < -0.4 is 15.7 Å². The molecule has 1 heterocycles. The zero-order chi connectivity index (χ0) is 20.9. The van der Waals surface area contributed by atoms with Crippen LogP contribution in [0.5, 0.6) is 5.75 Å². The van der Waals surface area contributed by atoms with E-state index >= 15 is 0 Å². The van der Waals surface area contributed by atoms with Gasteiger partial charge in [0, 0.05) is 18.0 Å². The molecule has 0 radical (unpaired) electrons. The van der Waals surface area contributed by atoms with Crippen molar-refractivity contribution in [2.75, 3.05) is 0 Å². The highest BCUT2D eigenvalue weighted by Gasteiger charge is 2.15. The lowest BCUT2D eigenvalue weighted by atomic mass is 10.1. The Bertz CT molecular complexity index is 1260. The van der Waals surface area contributed by atoms with Gasteiger partial charge in [0.2, 0.25) is 0 Å². The number of nitrogens with one attached hydrogen (secondary N) is 1. The van der Waals surface area contributed by atoms with E-state index in [-0.39, 0.29) is 16.9 Å². The van der Waals surface area contributed by atoms with Crippen molar-refractivity contribution >= 4 is 22.8 Å². The van der Waals surface area contributed by atoms with E-state index in [1.807, 2.05) is 30.3 Å². The first-order valence-electron chi connectivity index (χ1n) is 9.27. The third-order valence-corrected chi connectivity index (χ3v) is 4.47. The van der Waals surface area contributed by atoms with Crippen molar-refractivity contribution in [1.29, 1.82) is 0 Å². The maximum Gasteiger partial charge on any atom is 0.349 e. The summed E-state index contributed by atoms with van der Waals surface area (Å²) in [5.41, 5.74) is 0.690. The monoisotopic (exact) mass is 399 g/mol. The van der Waals surface area contributed by atoms with Crippen LogP contribution in [0.3, 0.4) is 0 Å². The molecule has 0 fully saturated rings. The molecule has 0 atom stereocenters. The van der Waals surface area contributed by atoms with Crippen LogP contribution in [-0.4, -0.2) is 11.9 Å². The van der Waals surface area contributed by atoms with Crippen molar-refractivity contribution in [1.82, 2.24) is 5.32 Å². The molecule has 4 rings (SSSR count). The van der Waals surface area contributed by atoms with Gasteiger partial charge < -0.3 is 14.5 Å². The molecule has 1 aromatic heterocycles. The van der Waals surface area contributed by atoms with Crippen molar-refractivity contribution in [2.24, 2.45) is 0 Å². The van der Waals surface area contributed by atoms with Gasteiger partial charge in [0.25, 0.3) is 5.91 Å². The Kier molecular flexibility index (Phi) is 5.39. The van der Waals surface area contributed by atoms with Crippen molar-refractivity contribution in [2.45, 2.75) is 6.54 Å². The second kappa shape index (κ2) is 8.45. The number of esters is 1. The van der Waals surface area contributed by atoms with Crippen molar-refractivity contribution in [3.05, 3.63) is 112 Å². The molecule has 1 amide bonds. The highest BCUT2D eigenvalue weighted by atomic mass is 16.5. The van der Waals surface area contributed by atoms with E-state index in [4.69, 9.17) is 9.15 Å². The number of carbonyl (C=O) groups excluding carboxylic acids is 2. The van der Waals surface area contributed by atoms with Gasteiger partial charge in [0.15, 0.2) is 0 Å². The second-order valence-corrected chi connectivity index (χ2v) is 6.57. The van der Waals surface area contributed by atoms with Crippen LogP contribution >= 0.6 is 0 Å². The summed E-state index contributed by atoms with van der Waals surface area (Å²) in [7, 11) is 0. The molecule has 0 saturated heterocycles. The van der Waals surface area contributed by atoms with Gasteiger partial charge in [-0.3, -0.25) is 4.79 Å². The SMILES string of the molecule is O=C(Oc1ccc2cc(C(=O)NCc3ccccc3)c(=O)oc2c1)c1ccccc1. The highest BCUT2D eigenvalue weighted by molar-refractivity contribution is 5.97. The summed E-state index contributed by atoms with van der Waals surface area (Å²) in [6.45, 7) is 0.297. The van der Waals surface area contributed by atoms with Gasteiger partial charge in [0.05, 0.1) is 5.56 Å². The van der Waals surface area contributed by atoms with Crippen LogP contribution in [0, 0.1) is 0 Å². The number of hydrogen-bond donors (Lipinski definition) is 1. The first-order chi connectivity index (χ1) is 14.6. The molecule has 0 unspecified atom stereocenters. The van der Waals surface area contributed by atoms with Crippen LogP contribution in [0.4, 0.5) is 0 Å². The number of amides is 1. The number of carbonyl (C=O) groups is 2. The van der Waals surface area contributed by atoms with Crippen LogP contribution in [-0.2, 0) is 6.54 Å². The number of fused-ring (bicyclic) bond motifs is 1. The molecule has 30 heavy (non-hydrogen) atoms. The molecule has 148 valence electrons. The first-order valence-corrected chi connectivity index (χ1v) is 9.27. The quantitative estimate of drug-likeness (QED) is 0.312. The molecular weight excluding hydrogens is 382 g/mol. The summed E-state index contributed by atoms with van der Waals surface area (Å²) in [5, 5.41) is 3.25. The summed E-state index contributed by atoms with van der Waals surface area (Å²) in [6, 6.07) is 24.0. The van der Waals surface area contributed by atoms with E-state index in [0.29, 0.717) is 17.5 Å². The Labute approximate surface area is 171 Å². The van der Waals surface area contributed by atoms with Gasteiger partial charge in [-0.2, -0.15) is 0 Å². The maximum absolute atomic E-state index is 12.4. The highest BCUT2D eigenvalue weighted by Crippen LogP contribution is 2.21. The normalized spacial score (nSPS) is 10.5. The molecule has 6 heteroatoms. The van der Waals surface area contributed by atoms with Crippen LogP contribution in [0.15, 0.2) is 94.1 Å². The molecule has 0 aliphatic rings. The lowest BCUT2D eigenvalue weighted by Crippen LogP contribution is -2.27. The minimum absolute atomic E-state index is 0.0903. The molecule has 0 bridgehead atoms. The summed E-state index contributed by atoms with van der Waals surface area (Å²) < 4.78 is 10.6. The first kappa shape index (κ1) is 19.1. The maximum atomic E-state index is 12.4. The van der Waals surface area contributed by atoms with Gasteiger partial charge in [-0.05, 0) is 35.9 Å². The third kappa shape index (κ3) is 4.28. The summed E-state index contributed by atoms with van der Waals surface area (Å²) >= 11 is 0. The van der Waals surface area contributed by atoms with E-state index in [2.05, 4.69) is 5.32 Å². The summed E-state index contributed by atoms with van der Waals surface area (Å²) in [5.74, 6) is -0.802. The lowest BCUT2D eigenvalue weighted by Gasteiger charge is -2.07. The molecule has 0 spiro atoms. The molecular formula is C24H17NO5. The molecule has 6 nitrogen and oxygen atoms in total. The van der Waals surface area contributed by atoms with Crippen molar-refractivity contribution in [3.63, 3.8) is 0 Å². The van der Waals surface area contributed by atoms with Crippen LogP contribution in [0.25, 0.3) is 11.0 Å². The zero-order valence-electron chi connectivity index (χ0n) is 15.8. The van der Waals surface area contributed by atoms with Crippen LogP contribution in [0.2, 0.25) is 0 Å². The van der Waals surface area contributed by atoms with E-state index in [1.54, 1.807) is 42.5 Å².